The van der Waals surface area contributed by atoms with Gasteiger partial charge in [0.1, 0.15) is 5.69 Å². The van der Waals surface area contributed by atoms with Gasteiger partial charge >= 0.3 is 0 Å². The topological polar surface area (TPSA) is 64.7 Å². The summed E-state index contributed by atoms with van der Waals surface area (Å²) in [6, 6.07) is 7.65. The molecule has 2 aromatic heterocycles. The van der Waals surface area contributed by atoms with Gasteiger partial charge < -0.3 is 4.42 Å². The minimum absolute atomic E-state index is 0.355. The molecule has 0 amide bonds. The molecule has 0 unspecified atom stereocenters. The molecule has 0 bridgehead atoms. The van der Waals surface area contributed by atoms with Crippen LogP contribution in [-0.4, -0.2) is 20.2 Å². The van der Waals surface area contributed by atoms with E-state index < -0.39 is 0 Å². The van der Waals surface area contributed by atoms with Crippen molar-refractivity contribution in [2.75, 3.05) is 0 Å². The maximum Gasteiger partial charge on any atom is 0.268 e. The van der Waals surface area contributed by atoms with Gasteiger partial charge in [-0.25, -0.2) is 4.98 Å². The fourth-order valence-corrected chi connectivity index (χ4v) is 1.93. The van der Waals surface area contributed by atoms with Crippen LogP contribution in [0.3, 0.4) is 0 Å². The predicted octanol–water partition coefficient (Wildman–Crippen LogP) is 2.96. The lowest BCUT2D eigenvalue weighted by atomic mass is 10.2. The summed E-state index contributed by atoms with van der Waals surface area (Å²) in [5.74, 6) is 0.803. The van der Waals surface area contributed by atoms with Gasteiger partial charge in [0.15, 0.2) is 0 Å². The van der Waals surface area contributed by atoms with Gasteiger partial charge in [-0.15, -0.1) is 10.2 Å². The standard InChI is InChI=1S/C12H7BrN4O/c13-9-4-2-1-3-8(9)11-16-17-12(18-11)10-7-14-5-6-15-10/h1-7H. The van der Waals surface area contributed by atoms with Gasteiger partial charge in [-0.2, -0.15) is 0 Å². The van der Waals surface area contributed by atoms with E-state index in [4.69, 9.17) is 4.42 Å². The molecule has 0 atom stereocenters. The van der Waals surface area contributed by atoms with E-state index >= 15 is 0 Å². The van der Waals surface area contributed by atoms with Gasteiger partial charge in [0.25, 0.3) is 5.89 Å². The molecule has 2 heterocycles. The number of hydrogen-bond donors (Lipinski definition) is 0. The fourth-order valence-electron chi connectivity index (χ4n) is 1.48. The Labute approximate surface area is 111 Å². The van der Waals surface area contributed by atoms with Crippen molar-refractivity contribution in [3.63, 3.8) is 0 Å². The number of nitrogens with zero attached hydrogens (tertiary/aromatic N) is 4. The molecule has 6 heteroatoms. The van der Waals surface area contributed by atoms with Crippen molar-refractivity contribution < 1.29 is 4.42 Å². The number of rotatable bonds is 2. The van der Waals surface area contributed by atoms with Crippen LogP contribution in [-0.2, 0) is 0 Å². The first-order valence-electron chi connectivity index (χ1n) is 5.19. The number of hydrogen-bond acceptors (Lipinski definition) is 5. The van der Waals surface area contributed by atoms with Crippen LogP contribution in [0.15, 0.2) is 51.7 Å². The monoisotopic (exact) mass is 302 g/mol. The van der Waals surface area contributed by atoms with Gasteiger partial charge in [0.2, 0.25) is 5.89 Å². The van der Waals surface area contributed by atoms with E-state index in [1.165, 1.54) is 0 Å². The third-order valence-electron chi connectivity index (χ3n) is 2.31. The van der Waals surface area contributed by atoms with Crippen molar-refractivity contribution >= 4 is 15.9 Å². The molecule has 18 heavy (non-hydrogen) atoms. The fraction of sp³-hybridized carbons (Fsp3) is 0. The van der Waals surface area contributed by atoms with Crippen LogP contribution in [0, 0.1) is 0 Å². The van der Waals surface area contributed by atoms with Gasteiger partial charge in [0.05, 0.1) is 11.8 Å². The Hall–Kier alpha value is -2.08. The van der Waals surface area contributed by atoms with Crippen molar-refractivity contribution in [2.45, 2.75) is 0 Å². The van der Waals surface area contributed by atoms with Crippen LogP contribution in [0.2, 0.25) is 0 Å². The average Bonchev–Trinajstić information content (AvgIpc) is 2.90. The highest BCUT2D eigenvalue weighted by Crippen LogP contribution is 2.28. The highest BCUT2D eigenvalue weighted by molar-refractivity contribution is 9.10. The molecule has 0 fully saturated rings. The second-order valence-electron chi connectivity index (χ2n) is 3.48. The molecular formula is C12H7BrN4O. The Morgan fingerprint density at radius 2 is 1.83 bits per heavy atom. The molecule has 3 aromatic rings. The highest BCUT2D eigenvalue weighted by atomic mass is 79.9. The van der Waals surface area contributed by atoms with Gasteiger partial charge in [-0.05, 0) is 28.1 Å². The van der Waals surface area contributed by atoms with E-state index in [2.05, 4.69) is 36.1 Å². The SMILES string of the molecule is Brc1ccccc1-c1nnc(-c2cnccn2)o1. The van der Waals surface area contributed by atoms with Gasteiger partial charge in [-0.1, -0.05) is 12.1 Å². The summed E-state index contributed by atoms with van der Waals surface area (Å²) in [6.07, 6.45) is 4.75. The molecule has 0 saturated heterocycles. The third-order valence-corrected chi connectivity index (χ3v) is 3.00. The summed E-state index contributed by atoms with van der Waals surface area (Å²) in [7, 11) is 0. The molecule has 0 radical (unpaired) electrons. The second-order valence-corrected chi connectivity index (χ2v) is 4.34. The highest BCUT2D eigenvalue weighted by Gasteiger charge is 2.13. The lowest BCUT2D eigenvalue weighted by Crippen LogP contribution is -1.83. The van der Waals surface area contributed by atoms with Crippen molar-refractivity contribution in [1.82, 2.24) is 20.2 Å². The van der Waals surface area contributed by atoms with Crippen molar-refractivity contribution in [2.24, 2.45) is 0 Å². The molecule has 0 aliphatic rings. The lowest BCUT2D eigenvalue weighted by molar-refractivity contribution is 0.581. The van der Waals surface area contributed by atoms with E-state index in [9.17, 15) is 0 Å². The van der Waals surface area contributed by atoms with Gasteiger partial charge in [0, 0.05) is 16.9 Å². The minimum atomic E-state index is 0.355. The number of aromatic nitrogens is 4. The summed E-state index contributed by atoms with van der Waals surface area (Å²) < 4.78 is 6.48. The van der Waals surface area contributed by atoms with E-state index in [1.807, 2.05) is 24.3 Å². The zero-order valence-electron chi connectivity index (χ0n) is 9.12. The normalized spacial score (nSPS) is 10.5. The van der Waals surface area contributed by atoms with E-state index in [-0.39, 0.29) is 0 Å². The molecule has 0 aliphatic heterocycles. The van der Waals surface area contributed by atoms with E-state index in [0.717, 1.165) is 10.0 Å². The summed E-state index contributed by atoms with van der Waals surface area (Å²) in [4.78, 5) is 8.07. The zero-order chi connectivity index (χ0) is 12.4. The molecule has 3 rings (SSSR count). The van der Waals surface area contributed by atoms with E-state index in [1.54, 1.807) is 18.6 Å². The van der Waals surface area contributed by atoms with Crippen LogP contribution in [0.1, 0.15) is 0 Å². The Balaban J connectivity index is 2.03. The predicted molar refractivity (Wildman–Crippen MR) is 68.5 cm³/mol. The van der Waals surface area contributed by atoms with Crippen LogP contribution in [0.5, 0.6) is 0 Å². The average molecular weight is 303 g/mol. The van der Waals surface area contributed by atoms with Gasteiger partial charge in [-0.3, -0.25) is 4.98 Å². The smallest absolute Gasteiger partial charge is 0.268 e. The summed E-state index contributed by atoms with van der Waals surface area (Å²) in [5.41, 5.74) is 1.41. The first-order valence-corrected chi connectivity index (χ1v) is 5.99. The Morgan fingerprint density at radius 1 is 1.00 bits per heavy atom. The Bertz CT molecular complexity index is 669. The first kappa shape index (κ1) is 11.0. The molecule has 0 aliphatic carbocycles. The Kier molecular flexibility index (Phi) is 2.85. The number of benzene rings is 1. The number of halogens is 1. The third kappa shape index (κ3) is 2.02. The van der Waals surface area contributed by atoms with Crippen molar-refractivity contribution in [3.05, 3.63) is 47.3 Å². The summed E-state index contributed by atoms with van der Waals surface area (Å²) >= 11 is 3.44. The molecule has 1 aromatic carbocycles. The first-order chi connectivity index (χ1) is 8.84. The Morgan fingerprint density at radius 3 is 2.61 bits per heavy atom. The zero-order valence-corrected chi connectivity index (χ0v) is 10.7. The molecule has 0 saturated carbocycles. The molecule has 0 spiro atoms. The van der Waals surface area contributed by atoms with E-state index in [0.29, 0.717) is 17.5 Å². The van der Waals surface area contributed by atoms with Crippen LogP contribution in [0.25, 0.3) is 23.0 Å². The van der Waals surface area contributed by atoms with Crippen LogP contribution in [0.4, 0.5) is 0 Å². The largest absolute Gasteiger partial charge is 0.415 e. The van der Waals surface area contributed by atoms with Crippen molar-refractivity contribution in [1.29, 1.82) is 0 Å². The second kappa shape index (κ2) is 4.66. The quantitative estimate of drug-likeness (QED) is 0.728. The summed E-state index contributed by atoms with van der Waals surface area (Å²) in [6.45, 7) is 0. The van der Waals surface area contributed by atoms with Crippen molar-refractivity contribution in [3.8, 4) is 23.0 Å². The summed E-state index contributed by atoms with van der Waals surface area (Å²) in [5, 5.41) is 7.97. The lowest BCUT2D eigenvalue weighted by Gasteiger charge is -1.97. The van der Waals surface area contributed by atoms with Crippen LogP contribution >= 0.6 is 15.9 Å². The molecular weight excluding hydrogens is 296 g/mol. The maximum atomic E-state index is 5.58. The molecule has 0 N–H and O–H groups in total. The molecule has 88 valence electrons. The minimum Gasteiger partial charge on any atom is -0.415 e. The molecule has 5 nitrogen and oxygen atoms in total. The maximum absolute atomic E-state index is 5.58. The van der Waals surface area contributed by atoms with Crippen LogP contribution < -0.4 is 0 Å².